The molecule has 0 radical (unpaired) electrons. The van der Waals surface area contributed by atoms with Crippen molar-refractivity contribution >= 4 is 52.2 Å². The first-order chi connectivity index (χ1) is 12.9. The molecule has 27 heavy (non-hydrogen) atoms. The lowest BCUT2D eigenvalue weighted by Crippen LogP contribution is -2.36. The molecule has 0 N–H and O–H groups in total. The van der Waals surface area contributed by atoms with Crippen LogP contribution in [0.25, 0.3) is 0 Å². The average molecular weight is 444 g/mol. The van der Waals surface area contributed by atoms with Gasteiger partial charge in [-0.2, -0.15) is 0 Å². The van der Waals surface area contributed by atoms with Crippen molar-refractivity contribution in [3.63, 3.8) is 0 Å². The number of thiazole rings is 1. The second kappa shape index (κ2) is 9.61. The molecule has 4 nitrogen and oxygen atoms in total. The Morgan fingerprint density at radius 3 is 2.74 bits per heavy atom. The second-order valence-corrected chi connectivity index (χ2v) is 9.58. The number of aryl methyl sites for hydroxylation is 2. The average Bonchev–Trinajstić information content (AvgIpc) is 2.89. The molecule has 0 spiro atoms. The fraction of sp³-hybridized carbons (Fsp3) is 0.474. The monoisotopic (exact) mass is 443 g/mol. The predicted octanol–water partition coefficient (Wildman–Crippen LogP) is 4.89. The smallest absolute Gasteiger partial charge is 0.232 e. The third kappa shape index (κ3) is 5.84. The second-order valence-electron chi connectivity index (χ2n) is 6.69. The Labute approximate surface area is 178 Å². The number of hydrogen-bond acceptors (Lipinski definition) is 5. The SMILES string of the molecule is Cc1nc(CN2CCCN(C(=O)CSc3cc(C)c(Cl)cc3Cl)CC2)cs1. The van der Waals surface area contributed by atoms with E-state index in [1.165, 1.54) is 11.8 Å². The van der Waals surface area contributed by atoms with Crippen LogP contribution >= 0.6 is 46.3 Å². The number of hydrogen-bond donors (Lipinski definition) is 0. The Morgan fingerprint density at radius 1 is 1.19 bits per heavy atom. The van der Waals surface area contributed by atoms with Crippen LogP contribution < -0.4 is 0 Å². The van der Waals surface area contributed by atoms with Gasteiger partial charge in [-0.25, -0.2) is 4.98 Å². The van der Waals surface area contributed by atoms with Crippen LogP contribution in [0.15, 0.2) is 22.4 Å². The number of carbonyl (C=O) groups excluding carboxylic acids is 1. The highest BCUT2D eigenvalue weighted by Crippen LogP contribution is 2.32. The van der Waals surface area contributed by atoms with Crippen molar-refractivity contribution in [2.75, 3.05) is 31.9 Å². The van der Waals surface area contributed by atoms with Crippen molar-refractivity contribution in [2.45, 2.75) is 31.7 Å². The molecule has 146 valence electrons. The number of halogens is 2. The molecule has 1 aliphatic heterocycles. The van der Waals surface area contributed by atoms with Gasteiger partial charge in [-0.15, -0.1) is 23.1 Å². The molecule has 2 heterocycles. The summed E-state index contributed by atoms with van der Waals surface area (Å²) in [5.74, 6) is 0.557. The number of nitrogens with zero attached hydrogens (tertiary/aromatic N) is 3. The van der Waals surface area contributed by atoms with Crippen LogP contribution in [0.1, 0.15) is 22.7 Å². The zero-order valence-corrected chi connectivity index (χ0v) is 18.6. The van der Waals surface area contributed by atoms with E-state index < -0.39 is 0 Å². The van der Waals surface area contributed by atoms with Crippen LogP contribution in [-0.2, 0) is 11.3 Å². The van der Waals surface area contributed by atoms with Crippen molar-refractivity contribution < 1.29 is 4.79 Å². The summed E-state index contributed by atoms with van der Waals surface area (Å²) in [6.07, 6.45) is 0.986. The van der Waals surface area contributed by atoms with Gasteiger partial charge in [-0.1, -0.05) is 23.2 Å². The van der Waals surface area contributed by atoms with E-state index in [0.29, 0.717) is 15.8 Å². The maximum atomic E-state index is 12.7. The summed E-state index contributed by atoms with van der Waals surface area (Å²) in [5.41, 5.74) is 2.10. The summed E-state index contributed by atoms with van der Waals surface area (Å²) in [6, 6.07) is 3.69. The normalized spacial score (nSPS) is 15.8. The quantitative estimate of drug-likeness (QED) is 0.615. The number of benzene rings is 1. The minimum atomic E-state index is 0.162. The molecule has 0 saturated carbocycles. The molecule has 1 amide bonds. The molecular weight excluding hydrogens is 421 g/mol. The lowest BCUT2D eigenvalue weighted by Gasteiger charge is -2.21. The Balaban J connectivity index is 1.51. The topological polar surface area (TPSA) is 36.4 Å². The van der Waals surface area contributed by atoms with Gasteiger partial charge in [0.25, 0.3) is 0 Å². The van der Waals surface area contributed by atoms with Crippen molar-refractivity contribution in [1.29, 1.82) is 0 Å². The van der Waals surface area contributed by atoms with Crippen molar-refractivity contribution in [1.82, 2.24) is 14.8 Å². The van der Waals surface area contributed by atoms with Gasteiger partial charge in [0.2, 0.25) is 5.91 Å². The molecule has 1 aromatic heterocycles. The first-order valence-electron chi connectivity index (χ1n) is 8.92. The van der Waals surface area contributed by atoms with Crippen LogP contribution in [0.4, 0.5) is 0 Å². The first kappa shape index (κ1) is 20.9. The molecule has 0 unspecified atom stereocenters. The minimum Gasteiger partial charge on any atom is -0.341 e. The van der Waals surface area contributed by atoms with E-state index >= 15 is 0 Å². The summed E-state index contributed by atoms with van der Waals surface area (Å²) in [7, 11) is 0. The summed E-state index contributed by atoms with van der Waals surface area (Å²) in [4.78, 5) is 22.5. The van der Waals surface area contributed by atoms with E-state index in [0.717, 1.165) is 60.3 Å². The lowest BCUT2D eigenvalue weighted by atomic mass is 10.2. The van der Waals surface area contributed by atoms with Gasteiger partial charge >= 0.3 is 0 Å². The van der Waals surface area contributed by atoms with Crippen LogP contribution in [0, 0.1) is 13.8 Å². The van der Waals surface area contributed by atoms with E-state index in [9.17, 15) is 4.79 Å². The molecule has 0 bridgehead atoms. The largest absolute Gasteiger partial charge is 0.341 e. The van der Waals surface area contributed by atoms with Gasteiger partial charge in [-0.3, -0.25) is 9.69 Å². The summed E-state index contributed by atoms with van der Waals surface area (Å²) in [5, 5.41) is 4.48. The summed E-state index contributed by atoms with van der Waals surface area (Å²) >= 11 is 15.5. The highest BCUT2D eigenvalue weighted by atomic mass is 35.5. The van der Waals surface area contributed by atoms with Crippen molar-refractivity contribution in [2.24, 2.45) is 0 Å². The maximum Gasteiger partial charge on any atom is 0.232 e. The van der Waals surface area contributed by atoms with Crippen molar-refractivity contribution in [3.05, 3.63) is 43.8 Å². The van der Waals surface area contributed by atoms with Crippen LogP contribution in [0.3, 0.4) is 0 Å². The highest BCUT2D eigenvalue weighted by molar-refractivity contribution is 8.00. The Hall–Kier alpha value is -0.790. The zero-order valence-electron chi connectivity index (χ0n) is 15.5. The third-order valence-corrected chi connectivity index (χ3v) is 7.25. The fourth-order valence-corrected chi connectivity index (χ4v) is 5.13. The number of aromatic nitrogens is 1. The van der Waals surface area contributed by atoms with E-state index in [-0.39, 0.29) is 5.91 Å². The van der Waals surface area contributed by atoms with Gasteiger partial charge in [0, 0.05) is 48.0 Å². The van der Waals surface area contributed by atoms with E-state index in [1.807, 2.05) is 24.8 Å². The molecule has 1 aliphatic rings. The minimum absolute atomic E-state index is 0.162. The third-order valence-electron chi connectivity index (χ3n) is 4.56. The molecule has 3 rings (SSSR count). The van der Waals surface area contributed by atoms with Gasteiger partial charge in [0.05, 0.1) is 21.5 Å². The Kier molecular flexibility index (Phi) is 7.45. The van der Waals surface area contributed by atoms with Gasteiger partial charge < -0.3 is 4.90 Å². The zero-order chi connectivity index (χ0) is 19.4. The van der Waals surface area contributed by atoms with Crippen LogP contribution in [0.5, 0.6) is 0 Å². The summed E-state index contributed by atoms with van der Waals surface area (Å²) < 4.78 is 0. The van der Waals surface area contributed by atoms with E-state index in [1.54, 1.807) is 17.4 Å². The molecule has 1 saturated heterocycles. The number of rotatable bonds is 5. The highest BCUT2D eigenvalue weighted by Gasteiger charge is 2.20. The van der Waals surface area contributed by atoms with E-state index in [4.69, 9.17) is 23.2 Å². The number of carbonyl (C=O) groups is 1. The number of amides is 1. The van der Waals surface area contributed by atoms with Gasteiger partial charge in [0.1, 0.15) is 0 Å². The first-order valence-corrected chi connectivity index (χ1v) is 11.5. The molecule has 2 aromatic rings. The van der Waals surface area contributed by atoms with Crippen LogP contribution in [-0.4, -0.2) is 52.6 Å². The molecular formula is C19H23Cl2N3OS2. The summed E-state index contributed by atoms with van der Waals surface area (Å²) in [6.45, 7) is 8.28. The predicted molar refractivity (Wildman–Crippen MR) is 115 cm³/mol. The molecule has 0 atom stereocenters. The van der Waals surface area contributed by atoms with E-state index in [2.05, 4.69) is 15.3 Å². The molecule has 0 aliphatic carbocycles. The Morgan fingerprint density at radius 2 is 2.00 bits per heavy atom. The maximum absolute atomic E-state index is 12.7. The van der Waals surface area contributed by atoms with Gasteiger partial charge in [0.15, 0.2) is 0 Å². The Bertz CT molecular complexity index is 812. The van der Waals surface area contributed by atoms with Gasteiger partial charge in [-0.05, 0) is 38.0 Å². The molecule has 8 heteroatoms. The number of thioether (sulfide) groups is 1. The molecule has 1 fully saturated rings. The van der Waals surface area contributed by atoms with Crippen molar-refractivity contribution in [3.8, 4) is 0 Å². The fourth-order valence-electron chi connectivity index (χ4n) is 3.06. The van der Waals surface area contributed by atoms with Crippen LogP contribution in [0.2, 0.25) is 10.0 Å². The lowest BCUT2D eigenvalue weighted by molar-refractivity contribution is -0.128. The standard InChI is InChI=1S/C19H23Cl2N3OS2/c1-13-8-18(17(21)9-16(13)20)27-12-19(25)24-5-3-4-23(6-7-24)10-15-11-26-14(2)22-15/h8-9,11H,3-7,10,12H2,1-2H3. The molecule has 1 aromatic carbocycles.